The SMILES string of the molecule is COc1cccc(-c2ccc(-n3c(Cl)cc4[nH]c(=O)n(C(C(=O)O)C(C)C)c(=O)c43)cc2)c1O. The largest absolute Gasteiger partial charge is 0.504 e. The number of phenols is 1. The summed E-state index contributed by atoms with van der Waals surface area (Å²) in [4.78, 5) is 40.4. The number of fused-ring (bicyclic) bond motifs is 1. The molecule has 1 unspecified atom stereocenters. The predicted molar refractivity (Wildman–Crippen MR) is 128 cm³/mol. The lowest BCUT2D eigenvalue weighted by Crippen LogP contribution is -2.43. The molecule has 0 spiro atoms. The average molecular weight is 484 g/mol. The van der Waals surface area contributed by atoms with Crippen LogP contribution in [0.15, 0.2) is 58.1 Å². The van der Waals surface area contributed by atoms with Crippen LogP contribution in [-0.2, 0) is 4.79 Å². The van der Waals surface area contributed by atoms with Crippen molar-refractivity contribution in [1.29, 1.82) is 0 Å². The number of ether oxygens (including phenoxy) is 1. The first-order valence-electron chi connectivity index (χ1n) is 10.4. The highest BCUT2D eigenvalue weighted by atomic mass is 35.5. The van der Waals surface area contributed by atoms with Crippen LogP contribution in [0.2, 0.25) is 5.15 Å². The molecular weight excluding hydrogens is 462 g/mol. The van der Waals surface area contributed by atoms with Crippen LogP contribution in [0.25, 0.3) is 27.8 Å². The van der Waals surface area contributed by atoms with Gasteiger partial charge in [0.05, 0.1) is 12.6 Å². The van der Waals surface area contributed by atoms with Crippen molar-refractivity contribution in [2.75, 3.05) is 7.11 Å². The molecule has 0 aliphatic carbocycles. The minimum Gasteiger partial charge on any atom is -0.504 e. The van der Waals surface area contributed by atoms with Gasteiger partial charge in [0.15, 0.2) is 11.5 Å². The first kappa shape index (κ1) is 23.2. The van der Waals surface area contributed by atoms with Gasteiger partial charge in [-0.2, -0.15) is 0 Å². The molecule has 0 radical (unpaired) electrons. The molecule has 0 aliphatic rings. The molecule has 9 nitrogen and oxygen atoms in total. The third kappa shape index (κ3) is 3.73. The quantitative estimate of drug-likeness (QED) is 0.383. The van der Waals surface area contributed by atoms with Gasteiger partial charge < -0.3 is 19.9 Å². The Hall–Kier alpha value is -3.98. The highest BCUT2D eigenvalue weighted by Crippen LogP contribution is 2.37. The van der Waals surface area contributed by atoms with Crippen molar-refractivity contribution in [3.05, 3.63) is 74.5 Å². The van der Waals surface area contributed by atoms with E-state index < -0.39 is 29.2 Å². The number of methoxy groups -OCH3 is 1. The maximum atomic E-state index is 13.4. The summed E-state index contributed by atoms with van der Waals surface area (Å²) < 4.78 is 7.32. The van der Waals surface area contributed by atoms with Crippen LogP contribution in [0.3, 0.4) is 0 Å². The number of benzene rings is 2. The number of phenolic OH excluding ortho intramolecular Hbond substituents is 1. The molecule has 34 heavy (non-hydrogen) atoms. The zero-order chi connectivity index (χ0) is 24.7. The number of carboxylic acid groups (broad SMARTS) is 1. The average Bonchev–Trinajstić information content (AvgIpc) is 3.12. The number of carbonyl (C=O) groups is 1. The molecule has 3 N–H and O–H groups in total. The Kier molecular flexibility index (Phi) is 5.97. The summed E-state index contributed by atoms with van der Waals surface area (Å²) in [6, 6.07) is 12.1. The molecular formula is C24H22ClN3O6. The number of aromatic nitrogens is 3. The molecule has 2 aromatic heterocycles. The number of rotatable bonds is 6. The van der Waals surface area contributed by atoms with E-state index in [1.165, 1.54) is 17.7 Å². The monoisotopic (exact) mass is 483 g/mol. The first-order valence-corrected chi connectivity index (χ1v) is 10.8. The molecule has 0 bridgehead atoms. The molecule has 0 aliphatic heterocycles. The third-order valence-electron chi connectivity index (χ3n) is 5.66. The molecule has 10 heteroatoms. The van der Waals surface area contributed by atoms with Gasteiger partial charge in [-0.05, 0) is 35.7 Å². The Morgan fingerprint density at radius 1 is 1.12 bits per heavy atom. The smallest absolute Gasteiger partial charge is 0.329 e. The maximum absolute atomic E-state index is 13.4. The van der Waals surface area contributed by atoms with Crippen molar-refractivity contribution in [3.63, 3.8) is 0 Å². The number of nitrogens with zero attached hydrogens (tertiary/aromatic N) is 2. The second-order valence-electron chi connectivity index (χ2n) is 8.10. The van der Waals surface area contributed by atoms with Gasteiger partial charge in [0.2, 0.25) is 0 Å². The van der Waals surface area contributed by atoms with Gasteiger partial charge >= 0.3 is 11.7 Å². The number of aliphatic carboxylic acids is 1. The van der Waals surface area contributed by atoms with E-state index in [4.69, 9.17) is 16.3 Å². The number of para-hydroxylation sites is 1. The molecule has 2 aromatic carbocycles. The molecule has 176 valence electrons. The Morgan fingerprint density at radius 3 is 2.38 bits per heavy atom. The van der Waals surface area contributed by atoms with Gasteiger partial charge in [0.1, 0.15) is 16.7 Å². The highest BCUT2D eigenvalue weighted by Gasteiger charge is 2.29. The van der Waals surface area contributed by atoms with E-state index in [2.05, 4.69) is 4.98 Å². The summed E-state index contributed by atoms with van der Waals surface area (Å²) in [6.07, 6.45) is 0. The van der Waals surface area contributed by atoms with Crippen LogP contribution in [0.5, 0.6) is 11.5 Å². The molecule has 2 heterocycles. The lowest BCUT2D eigenvalue weighted by Gasteiger charge is -2.18. The van der Waals surface area contributed by atoms with E-state index in [9.17, 15) is 24.6 Å². The third-order valence-corrected chi connectivity index (χ3v) is 5.93. The summed E-state index contributed by atoms with van der Waals surface area (Å²) in [5, 5.41) is 20.2. The van der Waals surface area contributed by atoms with Crippen LogP contribution in [0, 0.1) is 5.92 Å². The first-order chi connectivity index (χ1) is 16.1. The number of aromatic hydroxyl groups is 1. The van der Waals surface area contributed by atoms with Crippen LogP contribution in [-0.4, -0.2) is 37.4 Å². The standard InChI is InChI=1S/C24H22ClN3O6/c1-12(2)19(23(31)32)28-22(30)20-16(26-24(28)33)11-18(25)27(20)14-9-7-13(8-10-14)15-5-4-6-17(34-3)21(15)29/h4-12,19,29H,1-3H3,(H,26,33)(H,31,32). The minimum atomic E-state index is -1.35. The van der Waals surface area contributed by atoms with E-state index in [1.54, 1.807) is 56.3 Å². The van der Waals surface area contributed by atoms with Gasteiger partial charge in [0, 0.05) is 11.3 Å². The van der Waals surface area contributed by atoms with Crippen LogP contribution in [0.4, 0.5) is 0 Å². The zero-order valence-corrected chi connectivity index (χ0v) is 19.3. The highest BCUT2D eigenvalue weighted by molar-refractivity contribution is 6.31. The molecule has 4 rings (SSSR count). The topological polar surface area (TPSA) is 127 Å². The Bertz CT molecular complexity index is 1510. The van der Waals surface area contributed by atoms with Gasteiger partial charge in [0.25, 0.3) is 5.56 Å². The molecule has 0 amide bonds. The van der Waals surface area contributed by atoms with Gasteiger partial charge in [-0.15, -0.1) is 0 Å². The number of H-pyrrole nitrogens is 1. The molecule has 0 fully saturated rings. The fourth-order valence-corrected chi connectivity index (χ4v) is 4.37. The van der Waals surface area contributed by atoms with E-state index in [1.807, 2.05) is 0 Å². The Morgan fingerprint density at radius 2 is 1.79 bits per heavy atom. The fraction of sp³-hybridized carbons (Fsp3) is 0.208. The number of hydrogen-bond donors (Lipinski definition) is 3. The zero-order valence-electron chi connectivity index (χ0n) is 18.6. The summed E-state index contributed by atoms with van der Waals surface area (Å²) in [5.41, 5.74) is 0.425. The van der Waals surface area contributed by atoms with E-state index >= 15 is 0 Å². The lowest BCUT2D eigenvalue weighted by atomic mass is 10.0. The van der Waals surface area contributed by atoms with Crippen LogP contribution >= 0.6 is 11.6 Å². The second-order valence-corrected chi connectivity index (χ2v) is 8.49. The predicted octanol–water partition coefficient (Wildman–Crippen LogP) is 3.80. The van der Waals surface area contributed by atoms with Crippen molar-refractivity contribution in [2.24, 2.45) is 5.92 Å². The van der Waals surface area contributed by atoms with E-state index in [0.29, 0.717) is 27.1 Å². The van der Waals surface area contributed by atoms with Crippen LogP contribution < -0.4 is 16.0 Å². The van der Waals surface area contributed by atoms with Gasteiger partial charge in [-0.25, -0.2) is 14.2 Å². The number of nitrogens with one attached hydrogen (secondary N) is 1. The van der Waals surface area contributed by atoms with Gasteiger partial charge in [-0.1, -0.05) is 49.7 Å². The Labute approximate surface area is 198 Å². The summed E-state index contributed by atoms with van der Waals surface area (Å²) in [5.74, 6) is -1.46. The molecule has 0 saturated carbocycles. The molecule has 0 saturated heterocycles. The molecule has 1 atom stereocenters. The van der Waals surface area contributed by atoms with Crippen LogP contribution in [0.1, 0.15) is 19.9 Å². The minimum absolute atomic E-state index is 0.00365. The van der Waals surface area contributed by atoms with Crippen molar-refractivity contribution < 1.29 is 19.7 Å². The van der Waals surface area contributed by atoms with Crippen molar-refractivity contribution in [1.82, 2.24) is 14.1 Å². The number of carboxylic acids is 1. The van der Waals surface area contributed by atoms with E-state index in [0.717, 1.165) is 0 Å². The summed E-state index contributed by atoms with van der Waals surface area (Å²) in [6.45, 7) is 3.24. The lowest BCUT2D eigenvalue weighted by molar-refractivity contribution is -0.142. The number of halogens is 1. The van der Waals surface area contributed by atoms with Crippen molar-refractivity contribution in [3.8, 4) is 28.3 Å². The number of hydrogen-bond acceptors (Lipinski definition) is 5. The fourth-order valence-electron chi connectivity index (χ4n) is 4.08. The van der Waals surface area contributed by atoms with Gasteiger partial charge in [-0.3, -0.25) is 9.36 Å². The number of aromatic amines is 1. The van der Waals surface area contributed by atoms with Crippen molar-refractivity contribution >= 4 is 28.6 Å². The van der Waals surface area contributed by atoms with Crippen molar-refractivity contribution in [2.45, 2.75) is 19.9 Å². The molecule has 4 aromatic rings. The second kappa shape index (κ2) is 8.75. The summed E-state index contributed by atoms with van der Waals surface area (Å²) in [7, 11) is 1.46. The normalized spacial score (nSPS) is 12.3. The Balaban J connectivity index is 1.90. The van der Waals surface area contributed by atoms with E-state index in [-0.39, 0.29) is 21.9 Å². The maximum Gasteiger partial charge on any atom is 0.329 e. The summed E-state index contributed by atoms with van der Waals surface area (Å²) >= 11 is 6.43.